The summed E-state index contributed by atoms with van der Waals surface area (Å²) in [5.41, 5.74) is -0.238. The molecule has 1 aliphatic heterocycles. The molecule has 4 N–H and O–H groups in total. The van der Waals surface area contributed by atoms with Crippen molar-refractivity contribution in [1.82, 2.24) is 26.2 Å². The van der Waals surface area contributed by atoms with Gasteiger partial charge in [0, 0.05) is 20.1 Å². The van der Waals surface area contributed by atoms with E-state index in [0.717, 1.165) is 31.9 Å². The van der Waals surface area contributed by atoms with Crippen LogP contribution in [0.1, 0.15) is 67.7 Å². The Hall–Kier alpha value is -2.82. The number of nitrogens with zero attached hydrogens (tertiary/aromatic N) is 1. The molecule has 1 heterocycles. The number of allylic oxidation sites excluding steroid dienone is 1. The molecule has 0 saturated carbocycles. The van der Waals surface area contributed by atoms with Gasteiger partial charge in [0.2, 0.25) is 18.1 Å². The number of aldehydes is 1. The first kappa shape index (κ1) is 39.7. The predicted octanol–water partition coefficient (Wildman–Crippen LogP) is 3.03. The topological polar surface area (TPSA) is 120 Å². The molecule has 2 atom stereocenters. The van der Waals surface area contributed by atoms with Crippen molar-refractivity contribution in [1.29, 1.82) is 0 Å². The standard InChI is InChI=1S/C15H27N3O2.C7H12N2O2.C3H8.C2H4F2/c1-6-12(16-5)17-13(15(2,3)4)14(20)18-9-7-8-11(18)10-19;1-3-4-9-7(11)6(10)5-8-2;1-3-2;1-2(3)4/h6,10-11,13,16-17H,7-9H2,1-5H3;3,8H,1,4-5H2,2H3,(H,9,11);3H2,1-2H3;2H,1H3/b12-6-;;;. The molecule has 0 aliphatic carbocycles. The number of hydrogen-bond acceptors (Lipinski definition) is 7. The molecule has 11 heteroatoms. The maximum atomic E-state index is 12.8. The van der Waals surface area contributed by atoms with E-state index in [1.165, 1.54) is 12.5 Å². The zero-order valence-corrected chi connectivity index (χ0v) is 24.7. The van der Waals surface area contributed by atoms with Gasteiger partial charge < -0.3 is 31.0 Å². The molecule has 1 fully saturated rings. The number of Topliss-reactive ketones (excluding diaryl/α,β-unsaturated/α-hetero) is 1. The smallest absolute Gasteiger partial charge is 0.288 e. The number of rotatable bonds is 10. The number of nitrogens with one attached hydrogen (secondary N) is 4. The summed E-state index contributed by atoms with van der Waals surface area (Å²) in [5.74, 6) is -0.213. The molecular weight excluding hydrogens is 496 g/mol. The first-order valence-corrected chi connectivity index (χ1v) is 12.9. The van der Waals surface area contributed by atoms with Crippen LogP contribution >= 0.6 is 0 Å². The van der Waals surface area contributed by atoms with Crippen molar-refractivity contribution >= 4 is 23.9 Å². The highest BCUT2D eigenvalue weighted by Crippen LogP contribution is 2.25. The number of ketones is 1. The maximum absolute atomic E-state index is 12.8. The molecule has 1 rings (SSSR count). The second-order valence-corrected chi connectivity index (χ2v) is 9.45. The molecule has 0 aromatic carbocycles. The van der Waals surface area contributed by atoms with Crippen LogP contribution in [0.15, 0.2) is 24.6 Å². The Bertz CT molecular complexity index is 722. The lowest BCUT2D eigenvalue weighted by molar-refractivity contribution is -0.138. The van der Waals surface area contributed by atoms with E-state index in [4.69, 9.17) is 0 Å². The lowest BCUT2D eigenvalue weighted by Gasteiger charge is -2.35. The van der Waals surface area contributed by atoms with Gasteiger partial charge in [0.1, 0.15) is 12.3 Å². The Kier molecular flexibility index (Phi) is 24.3. The van der Waals surface area contributed by atoms with Gasteiger partial charge >= 0.3 is 0 Å². The quantitative estimate of drug-likeness (QED) is 0.189. The maximum Gasteiger partial charge on any atom is 0.288 e. The van der Waals surface area contributed by atoms with E-state index in [-0.39, 0.29) is 30.0 Å². The molecule has 1 saturated heterocycles. The number of hydrogen-bond donors (Lipinski definition) is 4. The second-order valence-electron chi connectivity index (χ2n) is 9.45. The van der Waals surface area contributed by atoms with Crippen LogP contribution in [0.2, 0.25) is 0 Å². The van der Waals surface area contributed by atoms with E-state index in [1.54, 1.807) is 11.9 Å². The molecule has 0 radical (unpaired) electrons. The molecule has 1 aliphatic rings. The molecule has 2 unspecified atom stereocenters. The van der Waals surface area contributed by atoms with Crippen molar-refractivity contribution in [2.75, 3.05) is 33.7 Å². The van der Waals surface area contributed by atoms with Crippen molar-refractivity contribution in [3.8, 4) is 0 Å². The lowest BCUT2D eigenvalue weighted by atomic mass is 9.85. The van der Waals surface area contributed by atoms with Crippen LogP contribution in [0.4, 0.5) is 8.78 Å². The minimum atomic E-state index is -2.17. The average molecular weight is 548 g/mol. The zero-order valence-electron chi connectivity index (χ0n) is 24.7. The molecule has 2 amide bonds. The van der Waals surface area contributed by atoms with E-state index in [0.29, 0.717) is 13.1 Å². The van der Waals surface area contributed by atoms with E-state index < -0.39 is 18.1 Å². The Morgan fingerprint density at radius 2 is 1.68 bits per heavy atom. The van der Waals surface area contributed by atoms with Gasteiger partial charge in [-0.2, -0.15) is 0 Å². The molecule has 38 heavy (non-hydrogen) atoms. The summed E-state index contributed by atoms with van der Waals surface area (Å²) in [6.07, 6.45) is 5.06. The monoisotopic (exact) mass is 547 g/mol. The van der Waals surface area contributed by atoms with E-state index in [1.807, 2.05) is 40.8 Å². The second kappa shape index (κ2) is 23.3. The Morgan fingerprint density at radius 1 is 1.16 bits per heavy atom. The van der Waals surface area contributed by atoms with Gasteiger partial charge in [0.05, 0.1) is 18.4 Å². The summed E-state index contributed by atoms with van der Waals surface area (Å²) in [6, 6.07) is -0.625. The minimum absolute atomic E-state index is 0.00157. The van der Waals surface area contributed by atoms with E-state index in [9.17, 15) is 28.0 Å². The predicted molar refractivity (Wildman–Crippen MR) is 150 cm³/mol. The van der Waals surface area contributed by atoms with Crippen molar-refractivity contribution in [2.24, 2.45) is 5.41 Å². The SMILES string of the molecule is C/C=C(/NC)NC(C(=O)N1CCCC1C=O)C(C)(C)C.C=CCNC(=O)C(=O)CNC.CC(F)F.CCC. The Morgan fingerprint density at radius 3 is 2.05 bits per heavy atom. The average Bonchev–Trinajstić information content (AvgIpc) is 3.32. The third kappa shape index (κ3) is 19.3. The van der Waals surface area contributed by atoms with Crippen LogP contribution in [0.25, 0.3) is 0 Å². The molecule has 0 spiro atoms. The fourth-order valence-electron chi connectivity index (χ4n) is 2.98. The van der Waals surface area contributed by atoms with Crippen molar-refractivity contribution in [2.45, 2.75) is 86.2 Å². The Balaban J connectivity index is -0.000000569. The zero-order chi connectivity index (χ0) is 30.3. The van der Waals surface area contributed by atoms with Gasteiger partial charge in [-0.15, -0.1) is 6.58 Å². The van der Waals surface area contributed by atoms with Crippen molar-refractivity contribution < 1.29 is 28.0 Å². The van der Waals surface area contributed by atoms with Crippen molar-refractivity contribution in [3.05, 3.63) is 24.6 Å². The minimum Gasteiger partial charge on any atom is -0.375 e. The highest BCUT2D eigenvalue weighted by molar-refractivity contribution is 6.37. The summed E-state index contributed by atoms with van der Waals surface area (Å²) in [5, 5.41) is 11.3. The third-order valence-electron chi connectivity index (χ3n) is 4.71. The fraction of sp³-hybridized carbons (Fsp3) is 0.704. The summed E-state index contributed by atoms with van der Waals surface area (Å²) in [7, 11) is 3.43. The normalized spacial score (nSPS) is 15.3. The van der Waals surface area contributed by atoms with Gasteiger partial charge in [-0.05, 0) is 45.2 Å². The molecule has 0 bridgehead atoms. The summed E-state index contributed by atoms with van der Waals surface area (Å²) < 4.78 is 20.7. The summed E-state index contributed by atoms with van der Waals surface area (Å²) >= 11 is 0. The first-order chi connectivity index (χ1) is 17.7. The number of halogens is 2. The van der Waals surface area contributed by atoms with Gasteiger partial charge in [-0.1, -0.05) is 47.1 Å². The van der Waals surface area contributed by atoms with Gasteiger partial charge in [0.25, 0.3) is 5.91 Å². The van der Waals surface area contributed by atoms with Crippen LogP contribution in [0, 0.1) is 5.41 Å². The van der Waals surface area contributed by atoms with Crippen LogP contribution in [0.5, 0.6) is 0 Å². The van der Waals surface area contributed by atoms with E-state index in [2.05, 4.69) is 41.7 Å². The Labute approximate surface area is 228 Å². The summed E-state index contributed by atoms with van der Waals surface area (Å²) in [6.45, 7) is 17.5. The highest BCUT2D eigenvalue weighted by atomic mass is 19.3. The first-order valence-electron chi connectivity index (χ1n) is 12.9. The van der Waals surface area contributed by atoms with Crippen molar-refractivity contribution in [3.63, 3.8) is 0 Å². The number of carbonyl (C=O) groups is 4. The molecular formula is C27H51F2N5O4. The van der Waals surface area contributed by atoms with Gasteiger partial charge in [-0.25, -0.2) is 8.78 Å². The number of likely N-dealkylation sites (tertiary alicyclic amines) is 1. The third-order valence-corrected chi connectivity index (χ3v) is 4.71. The van der Waals surface area contributed by atoms with E-state index >= 15 is 0 Å². The molecule has 9 nitrogen and oxygen atoms in total. The van der Waals surface area contributed by atoms with Crippen LogP contribution < -0.4 is 21.3 Å². The molecule has 0 aromatic rings. The number of alkyl halides is 2. The van der Waals surface area contributed by atoms with Crippen LogP contribution in [0.3, 0.4) is 0 Å². The number of amides is 2. The van der Waals surface area contributed by atoms with Crippen LogP contribution in [-0.2, 0) is 19.2 Å². The highest BCUT2D eigenvalue weighted by Gasteiger charge is 2.38. The van der Waals surface area contributed by atoms with Crippen LogP contribution in [-0.4, -0.2) is 81.0 Å². The largest absolute Gasteiger partial charge is 0.375 e. The molecule has 222 valence electrons. The number of carbonyl (C=O) groups excluding carboxylic acids is 4. The molecule has 0 aromatic heterocycles. The fourth-order valence-corrected chi connectivity index (χ4v) is 2.98. The van der Waals surface area contributed by atoms with Gasteiger partial charge in [-0.3, -0.25) is 14.4 Å². The van der Waals surface area contributed by atoms with Gasteiger partial charge in [0.15, 0.2) is 0 Å². The summed E-state index contributed by atoms with van der Waals surface area (Å²) in [4.78, 5) is 47.1. The number of likely N-dealkylation sites (N-methyl/N-ethyl adjacent to an activating group) is 1. The lowest BCUT2D eigenvalue weighted by Crippen LogP contribution is -2.55.